The molecule has 3 rings (SSSR count). The van der Waals surface area contributed by atoms with Gasteiger partial charge in [-0.2, -0.15) is 0 Å². The Bertz CT molecular complexity index is 661. The summed E-state index contributed by atoms with van der Waals surface area (Å²) in [5.74, 6) is 0.348. The van der Waals surface area contributed by atoms with Gasteiger partial charge in [0.05, 0.1) is 25.4 Å². The first-order valence-electron chi connectivity index (χ1n) is 10.6. The summed E-state index contributed by atoms with van der Waals surface area (Å²) in [7, 11) is 0. The van der Waals surface area contributed by atoms with Crippen LogP contribution in [0.5, 0.6) is 0 Å². The second-order valence-corrected chi connectivity index (χ2v) is 7.81. The lowest BCUT2D eigenvalue weighted by molar-refractivity contribution is -0.133. The first kappa shape index (κ1) is 21.7. The molecule has 29 heavy (non-hydrogen) atoms. The molecular formula is C25H32O4. The van der Waals surface area contributed by atoms with Gasteiger partial charge >= 0.3 is 0 Å². The molecule has 0 N–H and O–H groups in total. The zero-order chi connectivity index (χ0) is 20.3. The van der Waals surface area contributed by atoms with E-state index in [1.165, 1.54) is 11.1 Å². The Morgan fingerprint density at radius 2 is 1.28 bits per heavy atom. The molecule has 0 radical (unpaired) electrons. The van der Waals surface area contributed by atoms with Crippen LogP contribution in [0.3, 0.4) is 0 Å². The van der Waals surface area contributed by atoms with Gasteiger partial charge in [-0.1, -0.05) is 60.7 Å². The molecule has 0 bridgehead atoms. The van der Waals surface area contributed by atoms with Crippen LogP contribution in [0, 0.1) is 5.92 Å². The maximum atomic E-state index is 12.0. The van der Waals surface area contributed by atoms with Crippen molar-refractivity contribution < 1.29 is 19.0 Å². The number of ether oxygens (including phenoxy) is 3. The molecule has 1 aliphatic heterocycles. The molecule has 2 aromatic rings. The summed E-state index contributed by atoms with van der Waals surface area (Å²) in [5.41, 5.74) is 2.35. The standard InChI is InChI=1S/C25H32O4/c1-20(26)23-16-24(12-14-27-18-21-8-4-2-5-9-21)29-25(17-23)13-15-28-19-22-10-6-3-7-11-22/h2-11,23-25H,12-19H2,1H3/t23?,24-,25+. The number of ketones is 1. The highest BCUT2D eigenvalue weighted by molar-refractivity contribution is 5.78. The van der Waals surface area contributed by atoms with E-state index in [1.807, 2.05) is 36.4 Å². The number of benzene rings is 2. The van der Waals surface area contributed by atoms with Crippen LogP contribution < -0.4 is 0 Å². The third kappa shape index (κ3) is 7.73. The van der Waals surface area contributed by atoms with Gasteiger partial charge in [-0.05, 0) is 43.7 Å². The maximum Gasteiger partial charge on any atom is 0.133 e. The summed E-state index contributed by atoms with van der Waals surface area (Å²) >= 11 is 0. The van der Waals surface area contributed by atoms with E-state index in [0.29, 0.717) is 26.4 Å². The number of rotatable bonds is 11. The van der Waals surface area contributed by atoms with Gasteiger partial charge < -0.3 is 14.2 Å². The monoisotopic (exact) mass is 396 g/mol. The highest BCUT2D eigenvalue weighted by atomic mass is 16.5. The van der Waals surface area contributed by atoms with Crippen LogP contribution in [0.2, 0.25) is 0 Å². The fourth-order valence-electron chi connectivity index (χ4n) is 3.78. The molecule has 1 unspecified atom stereocenters. The molecule has 3 atom stereocenters. The summed E-state index contributed by atoms with van der Waals surface area (Å²) in [4.78, 5) is 12.0. The zero-order valence-corrected chi connectivity index (χ0v) is 17.3. The highest BCUT2D eigenvalue weighted by Crippen LogP contribution is 2.29. The molecule has 0 aliphatic carbocycles. The summed E-state index contributed by atoms with van der Waals surface area (Å²) in [6.45, 7) is 4.20. The molecule has 1 heterocycles. The van der Waals surface area contributed by atoms with E-state index in [9.17, 15) is 4.79 Å². The van der Waals surface area contributed by atoms with Gasteiger partial charge in [0.15, 0.2) is 0 Å². The van der Waals surface area contributed by atoms with Gasteiger partial charge in [-0.3, -0.25) is 4.79 Å². The van der Waals surface area contributed by atoms with Crippen LogP contribution in [0.4, 0.5) is 0 Å². The minimum Gasteiger partial charge on any atom is -0.377 e. The molecule has 4 heteroatoms. The minimum absolute atomic E-state index is 0.0764. The zero-order valence-electron chi connectivity index (χ0n) is 17.3. The molecule has 0 spiro atoms. The minimum atomic E-state index is 0.0764. The Morgan fingerprint density at radius 1 is 0.828 bits per heavy atom. The SMILES string of the molecule is CC(=O)C1C[C@@H](CCOCc2ccccc2)O[C@@H](CCOCc2ccccc2)C1. The van der Waals surface area contributed by atoms with Gasteiger partial charge in [0.25, 0.3) is 0 Å². The van der Waals surface area contributed by atoms with Crippen LogP contribution in [-0.4, -0.2) is 31.2 Å². The van der Waals surface area contributed by atoms with Crippen molar-refractivity contribution in [1.82, 2.24) is 0 Å². The number of carbonyl (C=O) groups excluding carboxylic acids is 1. The van der Waals surface area contributed by atoms with Crippen molar-refractivity contribution in [3.8, 4) is 0 Å². The van der Waals surface area contributed by atoms with E-state index in [-0.39, 0.29) is 23.9 Å². The topological polar surface area (TPSA) is 44.8 Å². The van der Waals surface area contributed by atoms with E-state index in [2.05, 4.69) is 24.3 Å². The number of carbonyl (C=O) groups is 1. The van der Waals surface area contributed by atoms with Crippen LogP contribution in [0.25, 0.3) is 0 Å². The van der Waals surface area contributed by atoms with E-state index in [4.69, 9.17) is 14.2 Å². The predicted molar refractivity (Wildman–Crippen MR) is 113 cm³/mol. The average molecular weight is 397 g/mol. The van der Waals surface area contributed by atoms with Crippen molar-refractivity contribution in [3.63, 3.8) is 0 Å². The van der Waals surface area contributed by atoms with E-state index < -0.39 is 0 Å². The van der Waals surface area contributed by atoms with E-state index in [1.54, 1.807) is 6.92 Å². The van der Waals surface area contributed by atoms with Crippen molar-refractivity contribution in [2.45, 2.75) is 58.0 Å². The molecule has 0 saturated carbocycles. The first-order chi connectivity index (χ1) is 14.2. The van der Waals surface area contributed by atoms with Gasteiger partial charge in [0.1, 0.15) is 5.78 Å². The molecule has 0 amide bonds. The van der Waals surface area contributed by atoms with Crippen LogP contribution in [0.15, 0.2) is 60.7 Å². The molecule has 0 aromatic heterocycles. The Morgan fingerprint density at radius 3 is 1.69 bits per heavy atom. The fourth-order valence-corrected chi connectivity index (χ4v) is 3.78. The molecular weight excluding hydrogens is 364 g/mol. The highest BCUT2D eigenvalue weighted by Gasteiger charge is 2.31. The van der Waals surface area contributed by atoms with Gasteiger partial charge in [0.2, 0.25) is 0 Å². The molecule has 156 valence electrons. The smallest absolute Gasteiger partial charge is 0.133 e. The van der Waals surface area contributed by atoms with Crippen molar-refractivity contribution in [3.05, 3.63) is 71.8 Å². The Hall–Kier alpha value is -2.01. The van der Waals surface area contributed by atoms with Crippen molar-refractivity contribution in [2.24, 2.45) is 5.92 Å². The third-order valence-corrected chi connectivity index (χ3v) is 5.45. The van der Waals surface area contributed by atoms with Crippen molar-refractivity contribution in [2.75, 3.05) is 13.2 Å². The van der Waals surface area contributed by atoms with Gasteiger partial charge in [-0.15, -0.1) is 0 Å². The predicted octanol–water partition coefficient (Wildman–Crippen LogP) is 4.95. The third-order valence-electron chi connectivity index (χ3n) is 5.45. The van der Waals surface area contributed by atoms with E-state index >= 15 is 0 Å². The normalized spacial score (nSPS) is 21.8. The number of Topliss-reactive ketones (excluding diaryl/α,β-unsaturated/α-hetero) is 1. The second kappa shape index (κ2) is 11.9. The first-order valence-corrected chi connectivity index (χ1v) is 10.6. The van der Waals surface area contributed by atoms with Crippen molar-refractivity contribution >= 4 is 5.78 Å². The lowest BCUT2D eigenvalue weighted by Gasteiger charge is -2.34. The molecule has 1 fully saturated rings. The lowest BCUT2D eigenvalue weighted by Crippen LogP contribution is -2.36. The second-order valence-electron chi connectivity index (χ2n) is 7.81. The van der Waals surface area contributed by atoms with E-state index in [0.717, 1.165) is 25.7 Å². The largest absolute Gasteiger partial charge is 0.377 e. The number of hydrogen-bond acceptors (Lipinski definition) is 4. The summed E-state index contributed by atoms with van der Waals surface area (Å²) in [6, 6.07) is 20.3. The molecule has 4 nitrogen and oxygen atoms in total. The molecule has 2 aromatic carbocycles. The number of hydrogen-bond donors (Lipinski definition) is 0. The molecule has 1 saturated heterocycles. The van der Waals surface area contributed by atoms with Crippen molar-refractivity contribution in [1.29, 1.82) is 0 Å². The summed E-state index contributed by atoms with van der Waals surface area (Å²) in [5, 5.41) is 0. The Kier molecular flexibility index (Phi) is 8.87. The fraction of sp³-hybridized carbons (Fsp3) is 0.480. The Balaban J connectivity index is 1.39. The quantitative estimate of drug-likeness (QED) is 0.504. The van der Waals surface area contributed by atoms with Gasteiger partial charge in [0, 0.05) is 19.1 Å². The maximum absolute atomic E-state index is 12.0. The average Bonchev–Trinajstić information content (AvgIpc) is 2.76. The van der Waals surface area contributed by atoms with Gasteiger partial charge in [-0.25, -0.2) is 0 Å². The molecule has 1 aliphatic rings. The van der Waals surface area contributed by atoms with Crippen LogP contribution >= 0.6 is 0 Å². The van der Waals surface area contributed by atoms with Crippen LogP contribution in [-0.2, 0) is 32.2 Å². The van der Waals surface area contributed by atoms with Crippen LogP contribution in [0.1, 0.15) is 43.7 Å². The summed E-state index contributed by atoms with van der Waals surface area (Å²) < 4.78 is 17.9. The summed E-state index contributed by atoms with van der Waals surface area (Å²) in [6.07, 6.45) is 3.38. The Labute approximate surface area is 174 Å². The lowest BCUT2D eigenvalue weighted by atomic mass is 9.87.